The number of benzene rings is 2. The molecule has 0 heterocycles. The zero-order valence-corrected chi connectivity index (χ0v) is 12.7. The number of hydrogen-bond acceptors (Lipinski definition) is 3. The van der Waals surface area contributed by atoms with Crippen LogP contribution in [0, 0.1) is 11.6 Å². The van der Waals surface area contributed by atoms with E-state index in [0.29, 0.717) is 4.47 Å². The summed E-state index contributed by atoms with van der Waals surface area (Å²) >= 11 is 9.02. The third kappa shape index (κ3) is 3.25. The Hall–Kier alpha value is -1.86. The highest BCUT2D eigenvalue weighted by Crippen LogP contribution is 2.35. The van der Waals surface area contributed by atoms with Crippen LogP contribution in [0.15, 0.2) is 28.7 Å². The molecule has 8 heteroatoms. The topological polar surface area (TPSA) is 81.1 Å². The number of amides is 1. The van der Waals surface area contributed by atoms with E-state index in [-0.39, 0.29) is 27.6 Å². The van der Waals surface area contributed by atoms with Crippen molar-refractivity contribution < 1.29 is 13.6 Å². The third-order valence-electron chi connectivity index (χ3n) is 2.67. The lowest BCUT2D eigenvalue weighted by Crippen LogP contribution is -2.14. The largest absolute Gasteiger partial charge is 0.398 e. The second-order valence-electron chi connectivity index (χ2n) is 4.15. The van der Waals surface area contributed by atoms with Gasteiger partial charge in [-0.25, -0.2) is 8.78 Å². The standard InChI is InChI=1S/C13H9BrClF2N3O/c14-7-1-5(16)2-8(15)12(7)20-11-3-6(13(19)21)10(18)4-9(11)17/h1-4,20H,18H2,(H2,19,21). The first-order chi connectivity index (χ1) is 9.79. The van der Waals surface area contributed by atoms with E-state index in [1.165, 1.54) is 12.1 Å². The molecule has 0 unspecified atom stereocenters. The molecule has 4 nitrogen and oxygen atoms in total. The zero-order chi connectivity index (χ0) is 15.7. The average Bonchev–Trinajstić information content (AvgIpc) is 2.35. The zero-order valence-electron chi connectivity index (χ0n) is 10.4. The Balaban J connectivity index is 2.50. The summed E-state index contributed by atoms with van der Waals surface area (Å²) in [7, 11) is 0. The molecule has 0 bridgehead atoms. The number of hydrogen-bond donors (Lipinski definition) is 3. The van der Waals surface area contributed by atoms with Gasteiger partial charge in [0.1, 0.15) is 11.6 Å². The van der Waals surface area contributed by atoms with Gasteiger partial charge in [-0.15, -0.1) is 0 Å². The van der Waals surface area contributed by atoms with Crippen molar-refractivity contribution >= 4 is 50.5 Å². The fourth-order valence-corrected chi connectivity index (χ4v) is 2.59. The Morgan fingerprint density at radius 3 is 2.48 bits per heavy atom. The molecule has 5 N–H and O–H groups in total. The van der Waals surface area contributed by atoms with Gasteiger partial charge in [0.15, 0.2) is 0 Å². The molecule has 0 saturated carbocycles. The molecule has 1 amide bonds. The lowest BCUT2D eigenvalue weighted by atomic mass is 10.1. The lowest BCUT2D eigenvalue weighted by molar-refractivity contribution is 0.100. The molecule has 0 radical (unpaired) electrons. The maximum absolute atomic E-state index is 13.9. The number of anilines is 3. The molecule has 21 heavy (non-hydrogen) atoms. The van der Waals surface area contributed by atoms with Gasteiger partial charge in [0.25, 0.3) is 5.91 Å². The molecular weight excluding hydrogens is 368 g/mol. The monoisotopic (exact) mass is 375 g/mol. The molecule has 0 aromatic heterocycles. The highest BCUT2D eigenvalue weighted by atomic mass is 79.9. The molecule has 2 rings (SSSR count). The van der Waals surface area contributed by atoms with E-state index >= 15 is 0 Å². The van der Waals surface area contributed by atoms with E-state index in [4.69, 9.17) is 23.1 Å². The van der Waals surface area contributed by atoms with Crippen molar-refractivity contribution in [1.82, 2.24) is 0 Å². The summed E-state index contributed by atoms with van der Waals surface area (Å²) in [6.45, 7) is 0. The first-order valence-electron chi connectivity index (χ1n) is 5.60. The maximum Gasteiger partial charge on any atom is 0.250 e. The van der Waals surface area contributed by atoms with Crippen LogP contribution in [0.5, 0.6) is 0 Å². The number of rotatable bonds is 3. The molecule has 0 saturated heterocycles. The van der Waals surface area contributed by atoms with Crippen molar-refractivity contribution in [2.24, 2.45) is 5.73 Å². The van der Waals surface area contributed by atoms with Gasteiger partial charge < -0.3 is 16.8 Å². The number of primary amides is 1. The molecule has 0 spiro atoms. The minimum atomic E-state index is -0.792. The normalized spacial score (nSPS) is 10.5. The van der Waals surface area contributed by atoms with Gasteiger partial charge in [0, 0.05) is 10.2 Å². The SMILES string of the molecule is NC(=O)c1cc(Nc2c(Cl)cc(F)cc2Br)c(F)cc1N. The predicted octanol–water partition coefficient (Wildman–Crippen LogP) is 3.81. The van der Waals surface area contributed by atoms with Crippen LogP contribution < -0.4 is 16.8 Å². The second-order valence-corrected chi connectivity index (χ2v) is 5.41. The molecule has 0 aliphatic rings. The number of carbonyl (C=O) groups is 1. The van der Waals surface area contributed by atoms with E-state index in [1.807, 2.05) is 0 Å². The molecule has 110 valence electrons. The number of nitrogen functional groups attached to an aromatic ring is 1. The maximum atomic E-state index is 13.9. The fraction of sp³-hybridized carbons (Fsp3) is 0. The highest BCUT2D eigenvalue weighted by Gasteiger charge is 2.15. The molecule has 2 aromatic carbocycles. The van der Waals surface area contributed by atoms with E-state index < -0.39 is 17.5 Å². The molecular formula is C13H9BrClF2N3O. The van der Waals surface area contributed by atoms with Crippen molar-refractivity contribution in [3.63, 3.8) is 0 Å². The van der Waals surface area contributed by atoms with Crippen LogP contribution in [0.4, 0.5) is 25.8 Å². The smallest absolute Gasteiger partial charge is 0.250 e. The van der Waals surface area contributed by atoms with Crippen LogP contribution in [-0.4, -0.2) is 5.91 Å². The van der Waals surface area contributed by atoms with Gasteiger partial charge in [-0.05, 0) is 40.2 Å². The second kappa shape index (κ2) is 5.87. The van der Waals surface area contributed by atoms with Crippen molar-refractivity contribution in [2.45, 2.75) is 0 Å². The van der Waals surface area contributed by atoms with Crippen LogP contribution in [0.3, 0.4) is 0 Å². The van der Waals surface area contributed by atoms with Crippen LogP contribution in [-0.2, 0) is 0 Å². The number of nitrogens with two attached hydrogens (primary N) is 2. The highest BCUT2D eigenvalue weighted by molar-refractivity contribution is 9.10. The van der Waals surface area contributed by atoms with Gasteiger partial charge in [-0.2, -0.15) is 0 Å². The molecule has 0 aliphatic heterocycles. The molecule has 0 aliphatic carbocycles. The first-order valence-corrected chi connectivity index (χ1v) is 6.77. The molecule has 0 fully saturated rings. The summed E-state index contributed by atoms with van der Waals surface area (Å²) in [6, 6.07) is 4.37. The van der Waals surface area contributed by atoms with Gasteiger partial charge in [0.2, 0.25) is 0 Å². The number of carbonyl (C=O) groups excluding carboxylic acids is 1. The average molecular weight is 377 g/mol. The quantitative estimate of drug-likeness (QED) is 0.713. The fourth-order valence-electron chi connectivity index (χ4n) is 1.69. The van der Waals surface area contributed by atoms with Crippen LogP contribution >= 0.6 is 27.5 Å². The van der Waals surface area contributed by atoms with Crippen LogP contribution in [0.1, 0.15) is 10.4 Å². The molecule has 0 atom stereocenters. The summed E-state index contributed by atoms with van der Waals surface area (Å²) in [5.41, 5.74) is 10.7. The Morgan fingerprint density at radius 1 is 1.24 bits per heavy atom. The van der Waals surface area contributed by atoms with Crippen molar-refractivity contribution in [1.29, 1.82) is 0 Å². The Kier molecular flexibility index (Phi) is 4.34. The number of nitrogens with one attached hydrogen (secondary N) is 1. The van der Waals surface area contributed by atoms with Gasteiger partial charge >= 0.3 is 0 Å². The van der Waals surface area contributed by atoms with E-state index in [2.05, 4.69) is 21.2 Å². The van der Waals surface area contributed by atoms with Crippen molar-refractivity contribution in [3.8, 4) is 0 Å². The minimum Gasteiger partial charge on any atom is -0.398 e. The van der Waals surface area contributed by atoms with Crippen molar-refractivity contribution in [2.75, 3.05) is 11.1 Å². The Labute approximate surface area is 132 Å². The minimum absolute atomic E-state index is 0.0340. The summed E-state index contributed by atoms with van der Waals surface area (Å²) in [5.74, 6) is -2.04. The van der Waals surface area contributed by atoms with Gasteiger partial charge in [0.05, 0.1) is 22.0 Å². The van der Waals surface area contributed by atoms with E-state index in [9.17, 15) is 13.6 Å². The first kappa shape index (κ1) is 15.5. The lowest BCUT2D eigenvalue weighted by Gasteiger charge is -2.13. The van der Waals surface area contributed by atoms with Crippen molar-refractivity contribution in [3.05, 3.63) is 51.0 Å². The Bertz CT molecular complexity index is 717. The third-order valence-corrected chi connectivity index (χ3v) is 3.59. The Morgan fingerprint density at radius 2 is 1.90 bits per heavy atom. The van der Waals surface area contributed by atoms with Gasteiger partial charge in [-0.1, -0.05) is 11.6 Å². The van der Waals surface area contributed by atoms with Crippen LogP contribution in [0.25, 0.3) is 0 Å². The molecule has 2 aromatic rings. The van der Waals surface area contributed by atoms with E-state index in [1.54, 1.807) is 0 Å². The summed E-state index contributed by atoms with van der Waals surface area (Å²) in [5, 5.41) is 2.72. The predicted molar refractivity (Wildman–Crippen MR) is 81.7 cm³/mol. The van der Waals surface area contributed by atoms with E-state index in [0.717, 1.165) is 12.1 Å². The summed E-state index contributed by atoms with van der Waals surface area (Å²) < 4.78 is 27.3. The van der Waals surface area contributed by atoms with Crippen LogP contribution in [0.2, 0.25) is 5.02 Å². The summed E-state index contributed by atoms with van der Waals surface area (Å²) in [6.07, 6.45) is 0. The van der Waals surface area contributed by atoms with Gasteiger partial charge in [-0.3, -0.25) is 4.79 Å². The number of halogens is 4. The summed E-state index contributed by atoms with van der Waals surface area (Å²) in [4.78, 5) is 11.2.